The SMILES string of the molecule is Cc1ccc(NS(C)(=O)=O)c(C(=O)N2CC[C@@H](C(F)(F)F)C[C@@H]2c2cc3nc(C)c(C)c(=O)n3[nH]2)c1. The Bertz CT molecular complexity index is 1510. The van der Waals surface area contributed by atoms with Crippen molar-refractivity contribution in [2.45, 2.75) is 45.8 Å². The Morgan fingerprint density at radius 1 is 1.19 bits per heavy atom. The van der Waals surface area contributed by atoms with E-state index in [2.05, 4.69) is 14.8 Å². The number of anilines is 1. The first kappa shape index (κ1) is 25.7. The lowest BCUT2D eigenvalue weighted by Gasteiger charge is -2.39. The Labute approximate surface area is 205 Å². The maximum Gasteiger partial charge on any atom is 0.391 e. The summed E-state index contributed by atoms with van der Waals surface area (Å²) in [6.45, 7) is 4.76. The molecule has 0 bridgehead atoms. The van der Waals surface area contributed by atoms with Crippen LogP contribution in [0.4, 0.5) is 18.9 Å². The highest BCUT2D eigenvalue weighted by Gasteiger charge is 2.46. The Hall–Kier alpha value is -3.35. The number of rotatable bonds is 4. The van der Waals surface area contributed by atoms with Crippen LogP contribution < -0.4 is 10.3 Å². The molecule has 2 N–H and O–H groups in total. The summed E-state index contributed by atoms with van der Waals surface area (Å²) in [5, 5.41) is 2.84. The predicted molar refractivity (Wildman–Crippen MR) is 127 cm³/mol. The van der Waals surface area contributed by atoms with Gasteiger partial charge in [-0.05, 0) is 45.7 Å². The molecule has 194 valence electrons. The molecule has 0 unspecified atom stereocenters. The van der Waals surface area contributed by atoms with Gasteiger partial charge in [-0.2, -0.15) is 13.2 Å². The zero-order valence-electron chi connectivity index (χ0n) is 20.1. The molecule has 3 aromatic rings. The molecule has 1 aromatic carbocycles. The van der Waals surface area contributed by atoms with Crippen molar-refractivity contribution in [3.63, 3.8) is 0 Å². The van der Waals surface area contributed by atoms with E-state index in [9.17, 15) is 31.2 Å². The first-order valence-electron chi connectivity index (χ1n) is 11.2. The van der Waals surface area contributed by atoms with E-state index in [0.717, 1.165) is 10.8 Å². The number of aromatic amines is 1. The maximum atomic E-state index is 13.7. The molecule has 2 atom stereocenters. The minimum atomic E-state index is -4.46. The highest BCUT2D eigenvalue weighted by molar-refractivity contribution is 7.92. The first-order valence-corrected chi connectivity index (χ1v) is 13.1. The van der Waals surface area contributed by atoms with Crippen molar-refractivity contribution >= 4 is 27.3 Å². The third kappa shape index (κ3) is 4.97. The summed E-state index contributed by atoms with van der Waals surface area (Å²) >= 11 is 0. The monoisotopic (exact) mass is 525 g/mol. The molecule has 0 aliphatic carbocycles. The molecular formula is C23H26F3N5O4S. The van der Waals surface area contributed by atoms with Crippen molar-refractivity contribution in [3.05, 3.63) is 62.7 Å². The van der Waals surface area contributed by atoms with Crippen molar-refractivity contribution in [3.8, 4) is 0 Å². The Balaban J connectivity index is 1.82. The van der Waals surface area contributed by atoms with E-state index in [0.29, 0.717) is 16.8 Å². The van der Waals surface area contributed by atoms with Crippen molar-refractivity contribution in [2.75, 3.05) is 17.5 Å². The second kappa shape index (κ2) is 8.95. The van der Waals surface area contributed by atoms with Gasteiger partial charge in [-0.3, -0.25) is 19.4 Å². The van der Waals surface area contributed by atoms with Gasteiger partial charge >= 0.3 is 6.18 Å². The van der Waals surface area contributed by atoms with E-state index in [1.807, 2.05) is 0 Å². The van der Waals surface area contributed by atoms with Crippen LogP contribution in [0.5, 0.6) is 0 Å². The second-order valence-corrected chi connectivity index (χ2v) is 11.0. The summed E-state index contributed by atoms with van der Waals surface area (Å²) in [6.07, 6.45) is -4.25. The Morgan fingerprint density at radius 3 is 2.53 bits per heavy atom. The van der Waals surface area contributed by atoms with Crippen LogP contribution >= 0.6 is 0 Å². The number of nitrogens with one attached hydrogen (secondary N) is 2. The van der Waals surface area contributed by atoms with Crippen LogP contribution in [0.15, 0.2) is 29.1 Å². The van der Waals surface area contributed by atoms with Crippen LogP contribution in [0.3, 0.4) is 0 Å². The second-order valence-electron chi connectivity index (χ2n) is 9.23. The number of alkyl halides is 3. The third-order valence-corrected chi connectivity index (χ3v) is 7.08. The largest absolute Gasteiger partial charge is 0.391 e. The number of nitrogens with zero attached hydrogens (tertiary/aromatic N) is 3. The molecular weight excluding hydrogens is 499 g/mol. The summed E-state index contributed by atoms with van der Waals surface area (Å²) in [6, 6.07) is 4.99. The lowest BCUT2D eigenvalue weighted by Crippen LogP contribution is -2.44. The van der Waals surface area contributed by atoms with Gasteiger partial charge in [-0.1, -0.05) is 11.6 Å². The van der Waals surface area contributed by atoms with E-state index in [4.69, 9.17) is 0 Å². The fraction of sp³-hybridized carbons (Fsp3) is 0.435. The molecule has 1 aliphatic rings. The number of fused-ring (bicyclic) bond motifs is 1. The topological polar surface area (TPSA) is 117 Å². The van der Waals surface area contributed by atoms with Crippen LogP contribution in [0, 0.1) is 26.7 Å². The Morgan fingerprint density at radius 2 is 1.89 bits per heavy atom. The number of benzene rings is 1. The van der Waals surface area contributed by atoms with Gasteiger partial charge in [0.25, 0.3) is 11.5 Å². The predicted octanol–water partition coefficient (Wildman–Crippen LogP) is 3.48. The number of likely N-dealkylation sites (tertiary alicyclic amines) is 1. The van der Waals surface area contributed by atoms with E-state index >= 15 is 0 Å². The lowest BCUT2D eigenvalue weighted by atomic mass is 9.88. The molecule has 1 saturated heterocycles. The molecule has 0 radical (unpaired) electrons. The summed E-state index contributed by atoms with van der Waals surface area (Å²) in [5.41, 5.74) is 1.69. The number of aromatic nitrogens is 3. The third-order valence-electron chi connectivity index (χ3n) is 6.49. The number of sulfonamides is 1. The standard InChI is InChI=1S/C23H26F3N5O4S/c1-12-5-6-17(29-36(4,34)35)16(9-12)22(33)30-8-7-15(23(24,25)26)10-19(30)18-11-20-27-14(3)13(2)21(32)31(20)28-18/h5-6,9,11,15,19,28-29H,7-8,10H2,1-4H3/t15-,19-/m1/s1. The molecule has 1 amide bonds. The van der Waals surface area contributed by atoms with E-state index in [1.165, 1.54) is 23.1 Å². The van der Waals surface area contributed by atoms with Gasteiger partial charge < -0.3 is 4.90 Å². The van der Waals surface area contributed by atoms with Crippen molar-refractivity contribution < 1.29 is 26.4 Å². The van der Waals surface area contributed by atoms with Crippen LogP contribution in [0.1, 0.15) is 51.8 Å². The molecule has 0 saturated carbocycles. The fourth-order valence-electron chi connectivity index (χ4n) is 4.49. The summed E-state index contributed by atoms with van der Waals surface area (Å²) in [4.78, 5) is 32.0. The summed E-state index contributed by atoms with van der Waals surface area (Å²) in [7, 11) is -3.72. The molecule has 3 heterocycles. The van der Waals surface area contributed by atoms with E-state index in [1.54, 1.807) is 26.8 Å². The van der Waals surface area contributed by atoms with Gasteiger partial charge in [0.1, 0.15) is 0 Å². The molecule has 1 aliphatic heterocycles. The minimum absolute atomic E-state index is 0.0222. The average Bonchev–Trinajstić information content (AvgIpc) is 3.20. The van der Waals surface area contributed by atoms with Crippen molar-refractivity contribution in [1.29, 1.82) is 0 Å². The van der Waals surface area contributed by atoms with Crippen LogP contribution in [-0.2, 0) is 10.0 Å². The number of halogens is 3. The van der Waals surface area contributed by atoms with Gasteiger partial charge in [-0.25, -0.2) is 17.9 Å². The Kier molecular flexibility index (Phi) is 6.40. The highest BCUT2D eigenvalue weighted by atomic mass is 32.2. The molecule has 36 heavy (non-hydrogen) atoms. The molecule has 2 aromatic heterocycles. The van der Waals surface area contributed by atoms with Crippen molar-refractivity contribution in [2.24, 2.45) is 5.92 Å². The molecule has 13 heteroatoms. The van der Waals surface area contributed by atoms with Gasteiger partial charge in [0, 0.05) is 23.9 Å². The number of hydrogen-bond donors (Lipinski definition) is 2. The number of carbonyl (C=O) groups excluding carboxylic acids is 1. The highest BCUT2D eigenvalue weighted by Crippen LogP contribution is 2.42. The normalized spacial score (nSPS) is 19.0. The van der Waals surface area contributed by atoms with Gasteiger partial charge in [0.15, 0.2) is 5.65 Å². The fourth-order valence-corrected chi connectivity index (χ4v) is 5.06. The quantitative estimate of drug-likeness (QED) is 0.541. The minimum Gasteiger partial charge on any atom is -0.330 e. The van der Waals surface area contributed by atoms with Crippen LogP contribution in [0.25, 0.3) is 5.65 Å². The zero-order valence-corrected chi connectivity index (χ0v) is 20.9. The lowest BCUT2D eigenvalue weighted by molar-refractivity contribution is -0.188. The van der Waals surface area contributed by atoms with Gasteiger partial charge in [-0.15, -0.1) is 0 Å². The molecule has 1 fully saturated rings. The number of H-pyrrole nitrogens is 1. The number of piperidine rings is 1. The number of aryl methyl sites for hydroxylation is 2. The molecule has 4 rings (SSSR count). The van der Waals surface area contributed by atoms with Gasteiger partial charge in [0.05, 0.1) is 35.2 Å². The summed E-state index contributed by atoms with van der Waals surface area (Å²) in [5.74, 6) is -2.28. The van der Waals surface area contributed by atoms with Crippen molar-refractivity contribution in [1.82, 2.24) is 19.5 Å². The zero-order chi connectivity index (χ0) is 26.6. The van der Waals surface area contributed by atoms with Gasteiger partial charge in [0.2, 0.25) is 10.0 Å². The maximum absolute atomic E-state index is 13.7. The number of hydrogen-bond acceptors (Lipinski definition) is 5. The van der Waals surface area contributed by atoms with E-state index < -0.39 is 40.5 Å². The number of amides is 1. The van der Waals surface area contributed by atoms with Crippen LogP contribution in [-0.4, -0.2) is 52.8 Å². The van der Waals surface area contributed by atoms with E-state index in [-0.39, 0.29) is 41.1 Å². The average molecular weight is 526 g/mol. The smallest absolute Gasteiger partial charge is 0.330 e. The van der Waals surface area contributed by atoms with Crippen LogP contribution in [0.2, 0.25) is 0 Å². The molecule has 0 spiro atoms. The first-order chi connectivity index (χ1) is 16.7. The number of carbonyl (C=O) groups is 1. The summed E-state index contributed by atoms with van der Waals surface area (Å²) < 4.78 is 68.3. The molecule has 9 nitrogen and oxygen atoms in total.